The molecule has 0 saturated heterocycles. The van der Waals surface area contributed by atoms with E-state index in [2.05, 4.69) is 5.32 Å². The highest BCUT2D eigenvalue weighted by atomic mass is 16.6. The molecule has 0 bridgehead atoms. The quantitative estimate of drug-likeness (QED) is 0.664. The Morgan fingerprint density at radius 1 is 1.15 bits per heavy atom. The number of rotatable bonds is 5. The molecule has 0 amide bonds. The molecule has 20 heavy (non-hydrogen) atoms. The van der Waals surface area contributed by atoms with Crippen LogP contribution < -0.4 is 10.1 Å². The van der Waals surface area contributed by atoms with Gasteiger partial charge in [-0.15, -0.1) is 0 Å². The highest BCUT2D eigenvalue weighted by Crippen LogP contribution is 2.31. The Morgan fingerprint density at radius 3 is 2.50 bits per heavy atom. The van der Waals surface area contributed by atoms with Crippen molar-refractivity contribution in [1.29, 1.82) is 0 Å². The average Bonchev–Trinajstić information content (AvgIpc) is 2.47. The summed E-state index contributed by atoms with van der Waals surface area (Å²) in [5, 5.41) is 14.3. The summed E-state index contributed by atoms with van der Waals surface area (Å²) in [5.74, 6) is 0.706. The molecule has 0 aliphatic carbocycles. The van der Waals surface area contributed by atoms with Crippen LogP contribution in [0.2, 0.25) is 0 Å². The van der Waals surface area contributed by atoms with Gasteiger partial charge in [-0.1, -0.05) is 30.3 Å². The molecule has 1 unspecified atom stereocenters. The molecule has 0 spiro atoms. The molecule has 2 aromatic carbocycles. The second-order valence-electron chi connectivity index (χ2n) is 4.38. The van der Waals surface area contributed by atoms with Gasteiger partial charge in [0.2, 0.25) is 0 Å². The topological polar surface area (TPSA) is 64.4 Å². The van der Waals surface area contributed by atoms with Gasteiger partial charge in [-0.3, -0.25) is 10.1 Å². The molecule has 2 rings (SSSR count). The Kier molecular flexibility index (Phi) is 4.20. The third-order valence-corrected chi connectivity index (χ3v) is 3.08. The zero-order chi connectivity index (χ0) is 14.5. The Hall–Kier alpha value is -2.56. The molecule has 5 nitrogen and oxygen atoms in total. The summed E-state index contributed by atoms with van der Waals surface area (Å²) in [6.45, 7) is 1.88. The first-order chi connectivity index (χ1) is 9.63. The summed E-state index contributed by atoms with van der Waals surface area (Å²) < 4.78 is 5.26. The lowest BCUT2D eigenvalue weighted by Crippen LogP contribution is -2.09. The molecule has 1 N–H and O–H groups in total. The largest absolute Gasteiger partial charge is 0.495 e. The summed E-state index contributed by atoms with van der Waals surface area (Å²) in [4.78, 5) is 10.7. The summed E-state index contributed by atoms with van der Waals surface area (Å²) >= 11 is 0. The molecular weight excluding hydrogens is 256 g/mol. The van der Waals surface area contributed by atoms with Crippen LogP contribution in [0.4, 0.5) is 11.4 Å². The van der Waals surface area contributed by atoms with Crippen molar-refractivity contribution in [2.24, 2.45) is 0 Å². The van der Waals surface area contributed by atoms with E-state index in [1.165, 1.54) is 6.07 Å². The predicted molar refractivity (Wildman–Crippen MR) is 78.1 cm³/mol. The third-order valence-electron chi connectivity index (χ3n) is 3.08. The number of methoxy groups -OCH3 is 1. The molecule has 2 aromatic rings. The van der Waals surface area contributed by atoms with Crippen LogP contribution in [-0.4, -0.2) is 12.0 Å². The van der Waals surface area contributed by atoms with Crippen LogP contribution in [0.25, 0.3) is 0 Å². The number of benzene rings is 2. The first-order valence-electron chi connectivity index (χ1n) is 6.26. The van der Waals surface area contributed by atoms with Gasteiger partial charge in [0.15, 0.2) is 0 Å². The van der Waals surface area contributed by atoms with E-state index >= 15 is 0 Å². The Morgan fingerprint density at radius 2 is 1.80 bits per heavy atom. The van der Waals surface area contributed by atoms with Crippen molar-refractivity contribution in [3.63, 3.8) is 0 Å². The minimum absolute atomic E-state index is 0.113. The highest BCUT2D eigenvalue weighted by molar-refractivity contribution is 5.58. The molecule has 5 heteroatoms. The molecule has 0 radical (unpaired) electrons. The van der Waals surface area contributed by atoms with Gasteiger partial charge >= 0.3 is 0 Å². The SMILES string of the molecule is COc1ccccc1NC(C)c1ccccc1[N+](=O)[O-]. The van der Waals surface area contributed by atoms with Gasteiger partial charge in [-0.25, -0.2) is 0 Å². The van der Waals surface area contributed by atoms with Crippen molar-refractivity contribution >= 4 is 11.4 Å². The van der Waals surface area contributed by atoms with E-state index in [1.54, 1.807) is 25.3 Å². The molecule has 0 aliphatic rings. The fourth-order valence-electron chi connectivity index (χ4n) is 2.09. The van der Waals surface area contributed by atoms with Crippen LogP contribution in [0.5, 0.6) is 5.75 Å². The molecule has 0 saturated carbocycles. The molecule has 0 aliphatic heterocycles. The van der Waals surface area contributed by atoms with Crippen LogP contribution in [0.3, 0.4) is 0 Å². The molecule has 0 aromatic heterocycles. The smallest absolute Gasteiger partial charge is 0.274 e. The van der Waals surface area contributed by atoms with Gasteiger partial charge in [0.25, 0.3) is 5.69 Å². The number of nitrogens with one attached hydrogen (secondary N) is 1. The summed E-state index contributed by atoms with van der Waals surface area (Å²) in [6.07, 6.45) is 0. The van der Waals surface area contributed by atoms with Crippen molar-refractivity contribution in [3.8, 4) is 5.75 Å². The summed E-state index contributed by atoms with van der Waals surface area (Å²) in [6, 6.07) is 14.0. The lowest BCUT2D eigenvalue weighted by molar-refractivity contribution is -0.385. The van der Waals surface area contributed by atoms with Gasteiger partial charge in [-0.05, 0) is 19.1 Å². The normalized spacial score (nSPS) is 11.7. The van der Waals surface area contributed by atoms with Crippen molar-refractivity contribution in [2.75, 3.05) is 12.4 Å². The summed E-state index contributed by atoms with van der Waals surface area (Å²) in [5.41, 5.74) is 1.56. The molecule has 104 valence electrons. The number of para-hydroxylation sites is 3. The lowest BCUT2D eigenvalue weighted by atomic mass is 10.1. The van der Waals surface area contributed by atoms with Crippen LogP contribution in [-0.2, 0) is 0 Å². The van der Waals surface area contributed by atoms with Gasteiger partial charge in [0.05, 0.1) is 29.3 Å². The first-order valence-corrected chi connectivity index (χ1v) is 6.26. The van der Waals surface area contributed by atoms with E-state index in [-0.39, 0.29) is 16.7 Å². The maximum Gasteiger partial charge on any atom is 0.274 e. The fraction of sp³-hybridized carbons (Fsp3) is 0.200. The maximum atomic E-state index is 11.1. The van der Waals surface area contributed by atoms with E-state index in [1.807, 2.05) is 31.2 Å². The van der Waals surface area contributed by atoms with Crippen molar-refractivity contribution in [3.05, 3.63) is 64.2 Å². The Labute approximate surface area is 117 Å². The van der Waals surface area contributed by atoms with E-state index in [4.69, 9.17) is 4.74 Å². The Balaban J connectivity index is 2.29. The first kappa shape index (κ1) is 13.9. The highest BCUT2D eigenvalue weighted by Gasteiger charge is 2.18. The fourth-order valence-corrected chi connectivity index (χ4v) is 2.09. The van der Waals surface area contributed by atoms with Gasteiger partial charge in [0, 0.05) is 6.07 Å². The average molecular weight is 272 g/mol. The van der Waals surface area contributed by atoms with Gasteiger partial charge in [-0.2, -0.15) is 0 Å². The molecular formula is C15H16N2O3. The number of anilines is 1. The zero-order valence-electron chi connectivity index (χ0n) is 11.4. The number of nitro benzene ring substituents is 1. The summed E-state index contributed by atoms with van der Waals surface area (Å²) in [7, 11) is 1.59. The minimum Gasteiger partial charge on any atom is -0.495 e. The third kappa shape index (κ3) is 2.88. The van der Waals surface area contributed by atoms with Crippen LogP contribution in [0, 0.1) is 10.1 Å². The Bertz CT molecular complexity index is 614. The monoisotopic (exact) mass is 272 g/mol. The van der Waals surface area contributed by atoms with Crippen LogP contribution >= 0.6 is 0 Å². The minimum atomic E-state index is -0.365. The second-order valence-corrected chi connectivity index (χ2v) is 4.38. The zero-order valence-corrected chi connectivity index (χ0v) is 11.4. The van der Waals surface area contributed by atoms with Gasteiger partial charge in [0.1, 0.15) is 5.75 Å². The molecule has 1 atom stereocenters. The van der Waals surface area contributed by atoms with E-state index in [0.717, 1.165) is 5.69 Å². The predicted octanol–water partition coefficient (Wildman–Crippen LogP) is 3.78. The van der Waals surface area contributed by atoms with E-state index in [0.29, 0.717) is 11.3 Å². The second kappa shape index (κ2) is 6.06. The number of nitrogens with zero attached hydrogens (tertiary/aromatic N) is 1. The van der Waals surface area contributed by atoms with Crippen LogP contribution in [0.1, 0.15) is 18.5 Å². The molecule has 0 heterocycles. The molecule has 0 fully saturated rings. The van der Waals surface area contributed by atoms with Crippen molar-refractivity contribution in [2.45, 2.75) is 13.0 Å². The lowest BCUT2D eigenvalue weighted by Gasteiger charge is -2.17. The standard InChI is InChI=1S/C15H16N2O3/c1-11(12-7-3-5-9-14(12)17(18)19)16-13-8-4-6-10-15(13)20-2/h3-11,16H,1-2H3. The van der Waals surface area contributed by atoms with Gasteiger partial charge < -0.3 is 10.1 Å². The number of hydrogen-bond acceptors (Lipinski definition) is 4. The van der Waals surface area contributed by atoms with Crippen molar-refractivity contribution < 1.29 is 9.66 Å². The number of hydrogen-bond donors (Lipinski definition) is 1. The number of nitro groups is 1. The van der Waals surface area contributed by atoms with Crippen LogP contribution in [0.15, 0.2) is 48.5 Å². The maximum absolute atomic E-state index is 11.1. The number of ether oxygens (including phenoxy) is 1. The van der Waals surface area contributed by atoms with E-state index in [9.17, 15) is 10.1 Å². The van der Waals surface area contributed by atoms with Crippen molar-refractivity contribution in [1.82, 2.24) is 0 Å². The van der Waals surface area contributed by atoms with E-state index < -0.39 is 0 Å².